The van der Waals surface area contributed by atoms with Crippen LogP contribution < -0.4 is 5.73 Å². The summed E-state index contributed by atoms with van der Waals surface area (Å²) in [5.41, 5.74) is 4.66. The van der Waals surface area contributed by atoms with E-state index < -0.39 is 17.4 Å². The van der Waals surface area contributed by atoms with Crippen LogP contribution in [0.25, 0.3) is 0 Å². The summed E-state index contributed by atoms with van der Waals surface area (Å²) in [5, 5.41) is 9.27. The van der Waals surface area contributed by atoms with Crippen molar-refractivity contribution >= 4 is 23.6 Å². The number of carboxylic acids is 1. The van der Waals surface area contributed by atoms with E-state index >= 15 is 0 Å². The van der Waals surface area contributed by atoms with Crippen LogP contribution in [0.3, 0.4) is 0 Å². The molecule has 0 bridgehead atoms. The highest BCUT2D eigenvalue weighted by atomic mass is 32.2. The molecule has 3 N–H and O–H groups in total. The largest absolute Gasteiger partial charge is 0.481 e. The quantitative estimate of drug-likeness (QED) is 0.652. The molecule has 17 heavy (non-hydrogen) atoms. The number of nitrogens with two attached hydrogens (primary N) is 1. The topological polar surface area (TPSA) is 92.9 Å². The van der Waals surface area contributed by atoms with Gasteiger partial charge >= 0.3 is 5.97 Å². The van der Waals surface area contributed by atoms with Gasteiger partial charge in [0.2, 0.25) is 5.91 Å². The maximum Gasteiger partial charge on any atom is 0.314 e. The van der Waals surface area contributed by atoms with Gasteiger partial charge in [-0.2, -0.15) is 0 Å². The lowest BCUT2D eigenvalue weighted by molar-refractivity contribution is -0.160. The number of carbonyl (C=O) groups is 2. The summed E-state index contributed by atoms with van der Waals surface area (Å²) >= 11 is 1.43. The van der Waals surface area contributed by atoms with Crippen molar-refractivity contribution in [2.45, 2.75) is 18.3 Å². The Morgan fingerprint density at radius 1 is 1.76 bits per heavy atom. The van der Waals surface area contributed by atoms with Crippen LogP contribution in [0.5, 0.6) is 0 Å². The molecule has 0 saturated carbocycles. The van der Waals surface area contributed by atoms with Crippen LogP contribution in [-0.2, 0) is 14.3 Å². The van der Waals surface area contributed by atoms with Crippen LogP contribution in [0.15, 0.2) is 0 Å². The minimum Gasteiger partial charge on any atom is -0.481 e. The standard InChI is InChI=1S/C10H16N2O4S/c1-2-16-4-10(9(14)15)3-12-7(13)6(11)8(12)17-5-10/h6,8H,2-5,11H2,1H3,(H,14,15)/t6?,8-,10?/m1/s1. The van der Waals surface area contributed by atoms with E-state index in [1.807, 2.05) is 6.92 Å². The average Bonchev–Trinajstić information content (AvgIpc) is 2.34. The van der Waals surface area contributed by atoms with Crippen LogP contribution in [0.1, 0.15) is 6.92 Å². The van der Waals surface area contributed by atoms with E-state index in [1.54, 1.807) is 4.90 Å². The van der Waals surface area contributed by atoms with Crippen molar-refractivity contribution in [3.05, 3.63) is 0 Å². The number of thioether (sulfide) groups is 1. The number of carboxylic acid groups (broad SMARTS) is 1. The van der Waals surface area contributed by atoms with Gasteiger partial charge in [0.05, 0.1) is 6.61 Å². The van der Waals surface area contributed by atoms with E-state index in [0.717, 1.165) is 0 Å². The van der Waals surface area contributed by atoms with Gasteiger partial charge in [-0.1, -0.05) is 0 Å². The first-order valence-electron chi connectivity index (χ1n) is 5.50. The molecule has 0 radical (unpaired) electrons. The summed E-state index contributed by atoms with van der Waals surface area (Å²) < 4.78 is 5.24. The second-order valence-electron chi connectivity index (χ2n) is 4.42. The number of amides is 1. The molecule has 2 aliphatic heterocycles. The molecule has 2 heterocycles. The zero-order valence-corrected chi connectivity index (χ0v) is 10.4. The number of carbonyl (C=O) groups excluding carboxylic acids is 1. The molecule has 0 aliphatic carbocycles. The Labute approximate surface area is 103 Å². The van der Waals surface area contributed by atoms with Crippen molar-refractivity contribution < 1.29 is 19.4 Å². The molecule has 2 rings (SSSR count). The molecule has 1 amide bonds. The molecule has 7 heteroatoms. The van der Waals surface area contributed by atoms with Crippen LogP contribution in [-0.4, -0.2) is 58.8 Å². The number of β-lactam (4-membered cyclic amide) rings is 1. The van der Waals surface area contributed by atoms with E-state index in [0.29, 0.717) is 12.4 Å². The van der Waals surface area contributed by atoms with Crippen LogP contribution in [0.2, 0.25) is 0 Å². The van der Waals surface area contributed by atoms with Gasteiger partial charge < -0.3 is 20.5 Å². The van der Waals surface area contributed by atoms with Crippen LogP contribution in [0, 0.1) is 5.41 Å². The lowest BCUT2D eigenvalue weighted by atomic mass is 9.88. The summed E-state index contributed by atoms with van der Waals surface area (Å²) in [6.45, 7) is 2.62. The first-order chi connectivity index (χ1) is 8.02. The van der Waals surface area contributed by atoms with Gasteiger partial charge in [-0.15, -0.1) is 11.8 Å². The summed E-state index contributed by atoms with van der Waals surface area (Å²) in [6.07, 6.45) is 0. The fraction of sp³-hybridized carbons (Fsp3) is 0.800. The second-order valence-corrected chi connectivity index (χ2v) is 5.52. The number of aliphatic carboxylic acids is 1. The minimum atomic E-state index is -0.993. The highest BCUT2D eigenvalue weighted by molar-refractivity contribution is 8.00. The van der Waals surface area contributed by atoms with E-state index in [-0.39, 0.29) is 24.4 Å². The SMILES string of the molecule is CCOCC1(C(=O)O)CS[C@@H]2C(N)C(=O)N2C1. The summed E-state index contributed by atoms with van der Waals surface area (Å²) in [7, 11) is 0. The summed E-state index contributed by atoms with van der Waals surface area (Å²) in [5.74, 6) is -0.640. The van der Waals surface area contributed by atoms with Gasteiger partial charge in [0.15, 0.2) is 0 Å². The van der Waals surface area contributed by atoms with Gasteiger partial charge in [-0.05, 0) is 6.92 Å². The van der Waals surface area contributed by atoms with Gasteiger partial charge in [0, 0.05) is 18.9 Å². The first kappa shape index (κ1) is 12.7. The smallest absolute Gasteiger partial charge is 0.314 e. The molecule has 0 aromatic heterocycles. The zero-order chi connectivity index (χ0) is 12.6. The van der Waals surface area contributed by atoms with Crippen molar-refractivity contribution in [1.29, 1.82) is 0 Å². The summed E-state index contributed by atoms with van der Waals surface area (Å²) in [6, 6.07) is -0.473. The maximum absolute atomic E-state index is 11.5. The van der Waals surface area contributed by atoms with Gasteiger partial charge in [-0.25, -0.2) is 0 Å². The molecule has 2 fully saturated rings. The predicted molar refractivity (Wildman–Crippen MR) is 62.5 cm³/mol. The molecule has 6 nitrogen and oxygen atoms in total. The Balaban J connectivity index is 2.09. The van der Waals surface area contributed by atoms with E-state index in [4.69, 9.17) is 10.5 Å². The van der Waals surface area contributed by atoms with E-state index in [1.165, 1.54) is 11.8 Å². The molecular formula is C10H16N2O4S. The van der Waals surface area contributed by atoms with Gasteiger partial charge in [-0.3, -0.25) is 9.59 Å². The highest BCUT2D eigenvalue weighted by Crippen LogP contribution is 2.41. The fourth-order valence-electron chi connectivity index (χ4n) is 2.10. The molecule has 96 valence electrons. The van der Waals surface area contributed by atoms with Crippen molar-refractivity contribution in [3.63, 3.8) is 0 Å². The molecule has 0 aromatic rings. The zero-order valence-electron chi connectivity index (χ0n) is 9.59. The van der Waals surface area contributed by atoms with Gasteiger partial charge in [0.25, 0.3) is 0 Å². The van der Waals surface area contributed by atoms with Crippen LogP contribution in [0.4, 0.5) is 0 Å². The van der Waals surface area contributed by atoms with Crippen LogP contribution >= 0.6 is 11.8 Å². The Hall–Kier alpha value is -0.790. The van der Waals surface area contributed by atoms with E-state index in [2.05, 4.69) is 0 Å². The number of hydrogen-bond donors (Lipinski definition) is 2. The first-order valence-corrected chi connectivity index (χ1v) is 6.55. The lowest BCUT2D eigenvalue weighted by Gasteiger charge is -2.52. The maximum atomic E-state index is 11.5. The summed E-state index contributed by atoms with van der Waals surface area (Å²) in [4.78, 5) is 24.5. The van der Waals surface area contributed by atoms with E-state index in [9.17, 15) is 14.7 Å². The Kier molecular flexibility index (Phi) is 3.33. The van der Waals surface area contributed by atoms with Crippen molar-refractivity contribution in [1.82, 2.24) is 4.90 Å². The molecule has 0 aromatic carbocycles. The Morgan fingerprint density at radius 2 is 2.47 bits per heavy atom. The Bertz CT molecular complexity index is 351. The molecule has 2 saturated heterocycles. The molecule has 0 spiro atoms. The molecule has 2 unspecified atom stereocenters. The fourth-order valence-corrected chi connectivity index (χ4v) is 3.57. The van der Waals surface area contributed by atoms with Crippen molar-refractivity contribution in [2.75, 3.05) is 25.5 Å². The third-order valence-corrected chi connectivity index (χ3v) is 4.83. The molecule has 3 atom stereocenters. The molecule has 2 aliphatic rings. The number of rotatable bonds is 4. The molecular weight excluding hydrogens is 244 g/mol. The number of nitrogens with zero attached hydrogens (tertiary/aromatic N) is 1. The van der Waals surface area contributed by atoms with Crippen molar-refractivity contribution in [3.8, 4) is 0 Å². The minimum absolute atomic E-state index is 0.0587. The number of fused-ring (bicyclic) bond motifs is 1. The predicted octanol–water partition coefficient (Wildman–Crippen LogP) is -0.664. The highest BCUT2D eigenvalue weighted by Gasteiger charge is 2.55. The van der Waals surface area contributed by atoms with Gasteiger partial charge in [0.1, 0.15) is 16.8 Å². The number of hydrogen-bond acceptors (Lipinski definition) is 5. The lowest BCUT2D eigenvalue weighted by Crippen LogP contribution is -2.72. The normalized spacial score (nSPS) is 36.4. The monoisotopic (exact) mass is 260 g/mol. The Morgan fingerprint density at radius 3 is 3.06 bits per heavy atom. The van der Waals surface area contributed by atoms with Crippen molar-refractivity contribution in [2.24, 2.45) is 11.1 Å². The number of ether oxygens (including phenoxy) is 1. The average molecular weight is 260 g/mol. The second kappa shape index (κ2) is 4.47. The third kappa shape index (κ3) is 1.92. The third-order valence-electron chi connectivity index (χ3n) is 3.22.